The summed E-state index contributed by atoms with van der Waals surface area (Å²) in [5.41, 5.74) is 0.490. The van der Waals surface area contributed by atoms with E-state index in [0.717, 1.165) is 12.1 Å². The number of aromatic hydroxyl groups is 1. The van der Waals surface area contributed by atoms with E-state index in [2.05, 4.69) is 5.32 Å². The predicted molar refractivity (Wildman–Crippen MR) is 152 cm³/mol. The van der Waals surface area contributed by atoms with Crippen molar-refractivity contribution in [3.8, 4) is 16.9 Å². The van der Waals surface area contributed by atoms with Crippen molar-refractivity contribution in [1.82, 2.24) is 10.2 Å². The smallest absolute Gasteiger partial charge is 0.390 e. The average Bonchev–Trinajstić information content (AvgIpc) is 2.93. The molecule has 0 aromatic heterocycles. The van der Waals surface area contributed by atoms with Gasteiger partial charge in [0.1, 0.15) is 34.5 Å². The summed E-state index contributed by atoms with van der Waals surface area (Å²) in [6, 6.07) is 2.64. The molecule has 0 saturated heterocycles. The van der Waals surface area contributed by atoms with Crippen molar-refractivity contribution in [1.29, 1.82) is 0 Å². The first-order chi connectivity index (χ1) is 21.4. The molecule has 1 fully saturated rings. The molecule has 10 nitrogen and oxygen atoms in total. The van der Waals surface area contributed by atoms with Crippen molar-refractivity contribution >= 4 is 23.2 Å². The van der Waals surface area contributed by atoms with E-state index in [1.807, 2.05) is 0 Å². The number of alkyl halides is 3. The van der Waals surface area contributed by atoms with Gasteiger partial charge in [0, 0.05) is 41.8 Å². The van der Waals surface area contributed by atoms with Crippen LogP contribution in [0.1, 0.15) is 29.5 Å². The fourth-order valence-electron chi connectivity index (χ4n) is 6.90. The Bertz CT molecular complexity index is 1740. The zero-order valence-corrected chi connectivity index (χ0v) is 24.5. The van der Waals surface area contributed by atoms with Gasteiger partial charge in [0.05, 0.1) is 18.0 Å². The second-order valence-corrected chi connectivity index (χ2v) is 11.9. The Kier molecular flexibility index (Phi) is 8.24. The molecule has 0 heterocycles. The molecule has 2 aromatic carbocycles. The van der Waals surface area contributed by atoms with Gasteiger partial charge in [0.2, 0.25) is 5.78 Å². The number of nitrogens with one attached hydrogen (secondary N) is 1. The van der Waals surface area contributed by atoms with Gasteiger partial charge in [-0.05, 0) is 62.2 Å². The maximum Gasteiger partial charge on any atom is 0.390 e. The van der Waals surface area contributed by atoms with Crippen LogP contribution in [0.15, 0.2) is 41.2 Å². The van der Waals surface area contributed by atoms with E-state index in [4.69, 9.17) is 5.73 Å². The topological polar surface area (TPSA) is 173 Å². The lowest BCUT2D eigenvalue weighted by atomic mass is 9.57. The lowest BCUT2D eigenvalue weighted by molar-refractivity contribution is -0.153. The number of hydrogen-bond acceptors (Lipinski definition) is 9. The van der Waals surface area contributed by atoms with Crippen LogP contribution < -0.4 is 11.1 Å². The van der Waals surface area contributed by atoms with Gasteiger partial charge in [-0.1, -0.05) is 0 Å². The van der Waals surface area contributed by atoms with E-state index in [0.29, 0.717) is 6.07 Å². The molecule has 0 bridgehead atoms. The number of aliphatic hydroxyl groups excluding tert-OH is 2. The molecule has 4 atom stereocenters. The Labute approximate surface area is 258 Å². The maximum atomic E-state index is 15.1. The lowest BCUT2D eigenvalue weighted by Gasteiger charge is -2.50. The van der Waals surface area contributed by atoms with Gasteiger partial charge < -0.3 is 31.5 Å². The number of carbonyl (C=O) groups is 3. The highest BCUT2D eigenvalue weighted by molar-refractivity contribution is 6.24. The predicted octanol–water partition coefficient (Wildman–Crippen LogP) is 2.95. The number of benzene rings is 2. The number of aliphatic hydroxyl groups is 3. The first kappa shape index (κ1) is 33.0. The normalized spacial score (nSPS) is 24.7. The number of ketones is 2. The third-order valence-electron chi connectivity index (χ3n) is 8.92. The SMILES string of the molecule is CN(C)[C@@H]1C(=O)C(C(N)=O)=C(O)[C@@]2(O)C(=O)C3=C(O)c4c(O)c(CNCCC(F)(F)F)cc(-c5ccc(F)cc5F)c4C[C@H]3C[C@@H]12. The van der Waals surface area contributed by atoms with E-state index in [1.54, 1.807) is 0 Å². The second kappa shape index (κ2) is 11.5. The number of primary amides is 1. The minimum absolute atomic E-state index is 0.0412. The van der Waals surface area contributed by atoms with Gasteiger partial charge in [0.25, 0.3) is 5.91 Å². The monoisotopic (exact) mass is 651 g/mol. The number of phenolic OH excluding ortho intramolecular Hbond substituents is 1. The minimum Gasteiger partial charge on any atom is -0.508 e. The number of carbonyl (C=O) groups excluding carboxylic acids is 3. The number of nitrogens with zero attached hydrogens (tertiary/aromatic N) is 1. The van der Waals surface area contributed by atoms with Crippen LogP contribution in [0.3, 0.4) is 0 Å². The molecule has 0 radical (unpaired) electrons. The van der Waals surface area contributed by atoms with Crippen LogP contribution in [0.5, 0.6) is 5.75 Å². The number of halogens is 5. The molecule has 1 saturated carbocycles. The molecule has 5 rings (SSSR count). The Morgan fingerprint density at radius 2 is 1.78 bits per heavy atom. The van der Waals surface area contributed by atoms with Gasteiger partial charge in [-0.15, -0.1) is 0 Å². The van der Waals surface area contributed by atoms with Crippen LogP contribution in [0.2, 0.25) is 0 Å². The van der Waals surface area contributed by atoms with Crippen LogP contribution >= 0.6 is 0 Å². The summed E-state index contributed by atoms with van der Waals surface area (Å²) in [5.74, 6) is -10.6. The summed E-state index contributed by atoms with van der Waals surface area (Å²) in [7, 11) is 2.90. The Morgan fingerprint density at radius 1 is 1.11 bits per heavy atom. The standard InChI is InChI=1S/C31H30F5N3O7/c1-39(2)23-18-9-12-7-17-16(15-4-3-14(32)10-19(15)33)8-13(11-38-6-5-30(34,35)36)24(40)21(17)25(41)20(12)27(43)31(18,46)28(44)22(26(23)42)29(37)45/h3-4,8,10,12,18,23,38,40-41,44,46H,5-7,9,11H2,1-2H3,(H2,37,45)/t12-,18-,23-,31-/m0/s1. The highest BCUT2D eigenvalue weighted by Gasteiger charge is 2.64. The first-order valence-electron chi connectivity index (χ1n) is 14.2. The summed E-state index contributed by atoms with van der Waals surface area (Å²) in [5, 5.41) is 48.1. The summed E-state index contributed by atoms with van der Waals surface area (Å²) in [6.45, 7) is -0.947. The van der Waals surface area contributed by atoms with Gasteiger partial charge in [-0.3, -0.25) is 19.3 Å². The lowest BCUT2D eigenvalue weighted by Crippen LogP contribution is -2.65. The van der Waals surface area contributed by atoms with Gasteiger partial charge in [-0.25, -0.2) is 8.78 Å². The first-order valence-corrected chi connectivity index (χ1v) is 14.2. The van der Waals surface area contributed by atoms with Crippen molar-refractivity contribution in [2.45, 2.75) is 43.6 Å². The fourth-order valence-corrected chi connectivity index (χ4v) is 6.90. The number of likely N-dealkylation sites (N-methyl/N-ethyl adjacent to an activating group) is 1. The van der Waals surface area contributed by atoms with Crippen LogP contribution in [0.4, 0.5) is 22.0 Å². The molecule has 7 N–H and O–H groups in total. The molecule has 46 heavy (non-hydrogen) atoms. The molecule has 0 aliphatic heterocycles. The number of Topliss-reactive ketones (excluding diaryl/α,β-unsaturated/α-hetero) is 2. The number of phenols is 1. The third kappa shape index (κ3) is 5.21. The summed E-state index contributed by atoms with van der Waals surface area (Å²) >= 11 is 0. The number of nitrogens with two attached hydrogens (primary N) is 1. The molecule has 15 heteroatoms. The molecule has 1 amide bonds. The summed E-state index contributed by atoms with van der Waals surface area (Å²) in [6.07, 6.45) is -6.09. The Morgan fingerprint density at radius 3 is 2.37 bits per heavy atom. The molecule has 0 spiro atoms. The highest BCUT2D eigenvalue weighted by Crippen LogP contribution is 2.54. The van der Waals surface area contributed by atoms with Gasteiger partial charge in [-0.2, -0.15) is 13.2 Å². The van der Waals surface area contributed by atoms with Crippen molar-refractivity contribution in [2.75, 3.05) is 20.6 Å². The maximum absolute atomic E-state index is 15.1. The molecule has 0 unspecified atom stereocenters. The fraction of sp³-hybridized carbons (Fsp3) is 0.387. The van der Waals surface area contributed by atoms with Crippen LogP contribution in [-0.2, 0) is 27.3 Å². The zero-order chi connectivity index (χ0) is 34.0. The number of fused-ring (bicyclic) bond motifs is 3. The van der Waals surface area contributed by atoms with Gasteiger partial charge in [0.15, 0.2) is 11.4 Å². The van der Waals surface area contributed by atoms with E-state index in [1.165, 1.54) is 25.1 Å². The Hall–Kier alpha value is -4.34. The van der Waals surface area contributed by atoms with Crippen LogP contribution in [0, 0.1) is 23.5 Å². The van der Waals surface area contributed by atoms with Gasteiger partial charge >= 0.3 is 6.18 Å². The molecule has 2 aromatic rings. The molecular formula is C31H30F5N3O7. The Balaban J connectivity index is 1.72. The third-order valence-corrected chi connectivity index (χ3v) is 8.92. The van der Waals surface area contributed by atoms with E-state index in [9.17, 15) is 52.4 Å². The van der Waals surface area contributed by atoms with E-state index in [-0.39, 0.29) is 40.7 Å². The quantitative estimate of drug-likeness (QED) is 0.150. The van der Waals surface area contributed by atoms with Crippen LogP contribution in [-0.4, -0.2) is 81.3 Å². The summed E-state index contributed by atoms with van der Waals surface area (Å²) in [4.78, 5) is 40.9. The molecule has 3 aliphatic carbocycles. The van der Waals surface area contributed by atoms with Crippen molar-refractivity contribution in [3.63, 3.8) is 0 Å². The zero-order valence-electron chi connectivity index (χ0n) is 24.5. The van der Waals surface area contributed by atoms with E-state index < -0.39 is 107 Å². The van der Waals surface area contributed by atoms with Crippen molar-refractivity contribution in [2.24, 2.45) is 17.6 Å². The van der Waals surface area contributed by atoms with Crippen LogP contribution in [0.25, 0.3) is 16.9 Å². The largest absolute Gasteiger partial charge is 0.508 e. The van der Waals surface area contributed by atoms with E-state index >= 15 is 4.39 Å². The molecular weight excluding hydrogens is 621 g/mol. The number of rotatable bonds is 7. The molecule has 246 valence electrons. The summed E-state index contributed by atoms with van der Waals surface area (Å²) < 4.78 is 67.1. The highest BCUT2D eigenvalue weighted by atomic mass is 19.4. The minimum atomic E-state index is -4.48. The number of hydrogen-bond donors (Lipinski definition) is 6. The number of amides is 1. The second-order valence-electron chi connectivity index (χ2n) is 11.9. The average molecular weight is 652 g/mol. The molecule has 3 aliphatic rings. The van der Waals surface area contributed by atoms with Crippen molar-refractivity contribution in [3.05, 3.63) is 69.5 Å². The van der Waals surface area contributed by atoms with Crippen molar-refractivity contribution < 1.29 is 56.8 Å².